The van der Waals surface area contributed by atoms with E-state index < -0.39 is 36.6 Å². The van der Waals surface area contributed by atoms with Crippen molar-refractivity contribution in [2.75, 3.05) is 11.8 Å². The number of benzene rings is 2. The van der Waals surface area contributed by atoms with Crippen LogP contribution in [0.4, 0.5) is 14.5 Å². The number of sulfonamides is 2. The van der Waals surface area contributed by atoms with Crippen LogP contribution in [-0.4, -0.2) is 23.9 Å². The summed E-state index contributed by atoms with van der Waals surface area (Å²) in [7, 11) is -6.78. The van der Waals surface area contributed by atoms with E-state index >= 15 is 0 Å². The van der Waals surface area contributed by atoms with E-state index in [2.05, 4.69) is 4.72 Å². The van der Waals surface area contributed by atoms with Gasteiger partial charge in [-0.2, -0.15) is 0 Å². The molecule has 0 saturated heterocycles. The third-order valence-corrected chi connectivity index (χ3v) is 5.72. The highest BCUT2D eigenvalue weighted by Gasteiger charge is 2.21. The predicted molar refractivity (Wildman–Crippen MR) is 79.9 cm³/mol. The molecule has 2 aromatic carbocycles. The molecule has 0 amide bonds. The van der Waals surface area contributed by atoms with Gasteiger partial charge in [0.25, 0.3) is 10.0 Å². The minimum Gasteiger partial charge on any atom is -0.280 e. The van der Waals surface area contributed by atoms with E-state index in [0.717, 1.165) is 18.2 Å². The van der Waals surface area contributed by atoms with Crippen molar-refractivity contribution in [2.45, 2.75) is 9.79 Å². The average molecular weight is 362 g/mol. The van der Waals surface area contributed by atoms with E-state index in [9.17, 15) is 25.6 Å². The summed E-state index contributed by atoms with van der Waals surface area (Å²) in [5, 5.41) is 0. The highest BCUT2D eigenvalue weighted by molar-refractivity contribution is 7.92. The fourth-order valence-electron chi connectivity index (χ4n) is 1.72. The van der Waals surface area contributed by atoms with E-state index in [1.54, 1.807) is 0 Å². The van der Waals surface area contributed by atoms with Gasteiger partial charge in [0.05, 0.1) is 4.90 Å². The lowest BCUT2D eigenvalue weighted by Crippen LogP contribution is -2.19. The molecule has 0 bridgehead atoms. The Bertz CT molecular complexity index is 927. The first kappa shape index (κ1) is 17.3. The van der Waals surface area contributed by atoms with Crippen molar-refractivity contribution >= 4 is 25.7 Å². The molecule has 0 radical (unpaired) electrons. The number of nitrogens with one attached hydrogen (secondary N) is 2. The lowest BCUT2D eigenvalue weighted by atomic mass is 10.3. The molecule has 0 spiro atoms. The number of hydrogen-bond acceptors (Lipinski definition) is 4. The quantitative estimate of drug-likeness (QED) is 0.846. The van der Waals surface area contributed by atoms with Crippen LogP contribution in [-0.2, 0) is 20.0 Å². The number of halogens is 2. The SMILES string of the molecule is CNS(=O)(=O)c1ccc(NS(=O)(=O)c2cccc(F)c2F)cc1. The molecule has 0 aliphatic rings. The molecular weight excluding hydrogens is 350 g/mol. The lowest BCUT2D eigenvalue weighted by molar-refractivity contribution is 0.485. The van der Waals surface area contributed by atoms with Crippen LogP contribution < -0.4 is 9.44 Å². The van der Waals surface area contributed by atoms with Crippen molar-refractivity contribution in [2.24, 2.45) is 0 Å². The minimum absolute atomic E-state index is 0.00344. The van der Waals surface area contributed by atoms with Crippen molar-refractivity contribution in [3.05, 3.63) is 54.1 Å². The monoisotopic (exact) mass is 362 g/mol. The lowest BCUT2D eigenvalue weighted by Gasteiger charge is -2.10. The highest BCUT2D eigenvalue weighted by Crippen LogP contribution is 2.21. The molecule has 10 heteroatoms. The molecule has 124 valence electrons. The second kappa shape index (κ2) is 6.22. The Hall–Kier alpha value is -2.04. The molecule has 0 unspecified atom stereocenters. The first-order valence-electron chi connectivity index (χ1n) is 6.18. The molecule has 2 aromatic rings. The maximum atomic E-state index is 13.6. The molecular formula is C13H12F2N2O4S2. The molecule has 0 aliphatic carbocycles. The Morgan fingerprint density at radius 1 is 0.870 bits per heavy atom. The van der Waals surface area contributed by atoms with E-state index in [-0.39, 0.29) is 10.6 Å². The molecule has 23 heavy (non-hydrogen) atoms. The smallest absolute Gasteiger partial charge is 0.264 e. The van der Waals surface area contributed by atoms with Gasteiger partial charge in [0.2, 0.25) is 10.0 Å². The maximum Gasteiger partial charge on any atom is 0.264 e. The van der Waals surface area contributed by atoms with Crippen molar-refractivity contribution in [1.29, 1.82) is 0 Å². The Balaban J connectivity index is 2.33. The zero-order valence-corrected chi connectivity index (χ0v) is 13.4. The average Bonchev–Trinajstić information content (AvgIpc) is 2.50. The highest BCUT2D eigenvalue weighted by atomic mass is 32.2. The van der Waals surface area contributed by atoms with Gasteiger partial charge in [-0.15, -0.1) is 0 Å². The van der Waals surface area contributed by atoms with E-state index in [1.807, 2.05) is 4.72 Å². The van der Waals surface area contributed by atoms with Crippen LogP contribution in [0.15, 0.2) is 52.3 Å². The summed E-state index contributed by atoms with van der Waals surface area (Å²) in [6.45, 7) is 0. The predicted octanol–water partition coefficient (Wildman–Crippen LogP) is 1.67. The molecule has 0 aliphatic heterocycles. The number of hydrogen-bond donors (Lipinski definition) is 2. The van der Waals surface area contributed by atoms with Gasteiger partial charge in [-0.05, 0) is 43.4 Å². The van der Waals surface area contributed by atoms with Crippen LogP contribution in [0.2, 0.25) is 0 Å². The van der Waals surface area contributed by atoms with E-state index in [4.69, 9.17) is 0 Å². The summed E-state index contributed by atoms with van der Waals surface area (Å²) in [6.07, 6.45) is 0. The van der Waals surface area contributed by atoms with Gasteiger partial charge in [-0.3, -0.25) is 4.72 Å². The standard InChI is InChI=1S/C13H12F2N2O4S2/c1-16-22(18,19)10-7-5-9(6-8-10)17-23(20,21)12-4-2-3-11(14)13(12)15/h2-8,16-17H,1H3. The van der Waals surface area contributed by atoms with Crippen molar-refractivity contribution in [3.63, 3.8) is 0 Å². The summed E-state index contributed by atoms with van der Waals surface area (Å²) >= 11 is 0. The summed E-state index contributed by atoms with van der Waals surface area (Å²) in [5.41, 5.74) is 0.00344. The van der Waals surface area contributed by atoms with Crippen LogP contribution in [0.3, 0.4) is 0 Å². The van der Waals surface area contributed by atoms with Crippen molar-refractivity contribution in [1.82, 2.24) is 4.72 Å². The Labute approximate surface area is 132 Å². The minimum atomic E-state index is -4.35. The Morgan fingerprint density at radius 2 is 1.48 bits per heavy atom. The molecule has 6 nitrogen and oxygen atoms in total. The molecule has 2 rings (SSSR count). The molecule has 0 aromatic heterocycles. The number of rotatable bonds is 5. The van der Waals surface area contributed by atoms with Gasteiger partial charge < -0.3 is 0 Å². The van der Waals surface area contributed by atoms with Gasteiger partial charge >= 0.3 is 0 Å². The topological polar surface area (TPSA) is 92.3 Å². The third kappa shape index (κ3) is 3.66. The summed E-state index contributed by atoms with van der Waals surface area (Å²) in [5.74, 6) is -2.78. The van der Waals surface area contributed by atoms with E-state index in [1.165, 1.54) is 31.3 Å². The number of anilines is 1. The van der Waals surface area contributed by atoms with Crippen molar-refractivity contribution in [3.8, 4) is 0 Å². The first-order chi connectivity index (χ1) is 10.7. The second-order valence-corrected chi connectivity index (χ2v) is 7.93. The molecule has 0 fully saturated rings. The maximum absolute atomic E-state index is 13.6. The second-order valence-electron chi connectivity index (χ2n) is 4.39. The Kier molecular flexibility index (Phi) is 4.68. The van der Waals surface area contributed by atoms with Crippen molar-refractivity contribution < 1.29 is 25.6 Å². The molecule has 0 heterocycles. The molecule has 0 atom stereocenters. The van der Waals surface area contributed by atoms with Gasteiger partial charge in [0, 0.05) is 5.69 Å². The van der Waals surface area contributed by atoms with Gasteiger partial charge in [0.15, 0.2) is 11.6 Å². The summed E-state index contributed by atoms with van der Waals surface area (Å²) in [4.78, 5) is -0.913. The summed E-state index contributed by atoms with van der Waals surface area (Å²) < 4.78 is 78.1. The Morgan fingerprint density at radius 3 is 2.04 bits per heavy atom. The van der Waals surface area contributed by atoms with E-state index in [0.29, 0.717) is 0 Å². The van der Waals surface area contributed by atoms with Gasteiger partial charge in [-0.1, -0.05) is 6.07 Å². The fraction of sp³-hybridized carbons (Fsp3) is 0.0769. The van der Waals surface area contributed by atoms with Crippen LogP contribution in [0.5, 0.6) is 0 Å². The normalized spacial score (nSPS) is 12.1. The van der Waals surface area contributed by atoms with Crippen LogP contribution in [0.25, 0.3) is 0 Å². The molecule has 0 saturated carbocycles. The largest absolute Gasteiger partial charge is 0.280 e. The van der Waals surface area contributed by atoms with Gasteiger partial charge in [0.1, 0.15) is 4.90 Å². The first-order valence-corrected chi connectivity index (χ1v) is 9.14. The fourth-order valence-corrected chi connectivity index (χ4v) is 3.60. The van der Waals surface area contributed by atoms with Crippen LogP contribution in [0, 0.1) is 11.6 Å². The van der Waals surface area contributed by atoms with Crippen LogP contribution >= 0.6 is 0 Å². The summed E-state index contributed by atoms with van der Waals surface area (Å²) in [6, 6.07) is 7.51. The third-order valence-electron chi connectivity index (χ3n) is 2.89. The zero-order valence-electron chi connectivity index (χ0n) is 11.7. The zero-order chi connectivity index (χ0) is 17.3. The molecule has 2 N–H and O–H groups in total. The van der Waals surface area contributed by atoms with Crippen LogP contribution in [0.1, 0.15) is 0 Å². The van der Waals surface area contributed by atoms with Gasteiger partial charge in [-0.25, -0.2) is 30.3 Å².